The molecule has 1 aromatic carbocycles. The average molecular weight is 196 g/mol. The topological polar surface area (TPSA) is 99.6 Å². The number of aliphatic hydroxyl groups is 1. The first-order valence-electron chi connectivity index (χ1n) is 4.06. The van der Waals surface area contributed by atoms with Crippen molar-refractivity contribution >= 4 is 5.84 Å². The van der Waals surface area contributed by atoms with E-state index in [-0.39, 0.29) is 30.4 Å². The Bertz CT molecular complexity index is 339. The summed E-state index contributed by atoms with van der Waals surface area (Å²) in [5, 5.41) is 25.0. The van der Waals surface area contributed by atoms with Gasteiger partial charge in [0.25, 0.3) is 0 Å². The molecule has 0 aliphatic carbocycles. The third-order valence-corrected chi connectivity index (χ3v) is 1.62. The van der Waals surface area contributed by atoms with Crippen LogP contribution in [0.25, 0.3) is 0 Å². The maximum atomic E-state index is 9.40. The molecule has 0 bridgehead atoms. The van der Waals surface area contributed by atoms with Crippen molar-refractivity contribution in [2.24, 2.45) is 5.73 Å². The summed E-state index contributed by atoms with van der Waals surface area (Å²) in [5.74, 6) is 0.130. The van der Waals surface area contributed by atoms with Gasteiger partial charge in [0.05, 0.1) is 12.2 Å². The number of nitrogens with one attached hydrogen (secondary N) is 1. The predicted octanol–water partition coefficient (Wildman–Crippen LogP) is 0.0474. The molecule has 0 aromatic heterocycles. The zero-order valence-corrected chi connectivity index (χ0v) is 7.53. The molecule has 0 aliphatic rings. The number of hydrogen-bond acceptors (Lipinski definition) is 4. The number of nitrogens with two attached hydrogens (primary N) is 1. The molecule has 0 heterocycles. The molecular weight excluding hydrogens is 184 g/mol. The van der Waals surface area contributed by atoms with Crippen LogP contribution >= 0.6 is 0 Å². The molecule has 5 nitrogen and oxygen atoms in total. The summed E-state index contributed by atoms with van der Waals surface area (Å²) < 4.78 is 5.05. The van der Waals surface area contributed by atoms with E-state index in [0.29, 0.717) is 5.75 Å². The van der Waals surface area contributed by atoms with E-state index in [1.165, 1.54) is 12.1 Å². The number of hydrogen-bond donors (Lipinski definition) is 4. The lowest BCUT2D eigenvalue weighted by Crippen LogP contribution is -2.11. The van der Waals surface area contributed by atoms with Crippen LogP contribution in [0.4, 0.5) is 0 Å². The average Bonchev–Trinajstić information content (AvgIpc) is 2.14. The molecule has 1 rings (SSSR count). The van der Waals surface area contributed by atoms with Crippen LogP contribution in [0.5, 0.6) is 11.5 Å². The van der Waals surface area contributed by atoms with Crippen molar-refractivity contribution in [2.75, 3.05) is 13.2 Å². The molecular formula is C9H12N2O3. The van der Waals surface area contributed by atoms with Crippen LogP contribution in [0.1, 0.15) is 5.56 Å². The Morgan fingerprint density at radius 2 is 2.21 bits per heavy atom. The second kappa shape index (κ2) is 4.48. The number of aliphatic hydroxyl groups excluding tert-OH is 1. The summed E-state index contributed by atoms with van der Waals surface area (Å²) in [7, 11) is 0. The normalized spacial score (nSPS) is 9.79. The Morgan fingerprint density at radius 1 is 1.50 bits per heavy atom. The van der Waals surface area contributed by atoms with E-state index < -0.39 is 0 Å². The summed E-state index contributed by atoms with van der Waals surface area (Å²) in [4.78, 5) is 0. The smallest absolute Gasteiger partial charge is 0.130 e. The van der Waals surface area contributed by atoms with Gasteiger partial charge < -0.3 is 20.7 Å². The molecule has 0 spiro atoms. The van der Waals surface area contributed by atoms with Crippen LogP contribution in [-0.2, 0) is 0 Å². The fourth-order valence-electron chi connectivity index (χ4n) is 0.992. The van der Waals surface area contributed by atoms with Crippen molar-refractivity contribution < 1.29 is 14.9 Å². The number of phenols is 1. The van der Waals surface area contributed by atoms with Crippen molar-refractivity contribution in [3.05, 3.63) is 23.8 Å². The first-order chi connectivity index (χ1) is 6.65. The van der Waals surface area contributed by atoms with Gasteiger partial charge in [-0.15, -0.1) is 0 Å². The molecule has 0 fully saturated rings. The SMILES string of the molecule is N=C(N)c1ccc(OCCO)cc1O. The first kappa shape index (κ1) is 10.3. The van der Waals surface area contributed by atoms with Crippen molar-refractivity contribution in [1.82, 2.24) is 0 Å². The van der Waals surface area contributed by atoms with Crippen molar-refractivity contribution in [1.29, 1.82) is 5.41 Å². The van der Waals surface area contributed by atoms with E-state index in [9.17, 15) is 5.11 Å². The number of rotatable bonds is 4. The summed E-state index contributed by atoms with van der Waals surface area (Å²) in [5.41, 5.74) is 5.47. The first-order valence-corrected chi connectivity index (χ1v) is 4.06. The van der Waals surface area contributed by atoms with Crippen LogP contribution in [-0.4, -0.2) is 29.3 Å². The molecule has 0 unspecified atom stereocenters. The lowest BCUT2D eigenvalue weighted by Gasteiger charge is -2.06. The molecule has 0 atom stereocenters. The highest BCUT2D eigenvalue weighted by Crippen LogP contribution is 2.22. The predicted molar refractivity (Wildman–Crippen MR) is 51.7 cm³/mol. The van der Waals surface area contributed by atoms with Crippen molar-refractivity contribution in [3.8, 4) is 11.5 Å². The van der Waals surface area contributed by atoms with Crippen LogP contribution in [0.3, 0.4) is 0 Å². The molecule has 14 heavy (non-hydrogen) atoms. The van der Waals surface area contributed by atoms with Gasteiger partial charge in [-0.3, -0.25) is 5.41 Å². The summed E-state index contributed by atoms with van der Waals surface area (Å²) in [6.45, 7) is 0.0775. The van der Waals surface area contributed by atoms with Gasteiger partial charge in [0.2, 0.25) is 0 Å². The van der Waals surface area contributed by atoms with Crippen LogP contribution in [0.15, 0.2) is 18.2 Å². The van der Waals surface area contributed by atoms with E-state index in [0.717, 1.165) is 0 Å². The third-order valence-electron chi connectivity index (χ3n) is 1.62. The molecule has 0 aliphatic heterocycles. The number of aromatic hydroxyl groups is 1. The Labute approximate surface area is 81.3 Å². The second-order valence-electron chi connectivity index (χ2n) is 2.66. The lowest BCUT2D eigenvalue weighted by atomic mass is 10.2. The zero-order valence-electron chi connectivity index (χ0n) is 7.53. The van der Waals surface area contributed by atoms with E-state index in [2.05, 4.69) is 0 Å². The van der Waals surface area contributed by atoms with Gasteiger partial charge in [0, 0.05) is 6.07 Å². The van der Waals surface area contributed by atoms with Crippen molar-refractivity contribution in [2.45, 2.75) is 0 Å². The molecule has 0 saturated heterocycles. The van der Waals surface area contributed by atoms with Gasteiger partial charge in [-0.1, -0.05) is 0 Å². The summed E-state index contributed by atoms with van der Waals surface area (Å²) in [6, 6.07) is 4.42. The maximum absolute atomic E-state index is 9.40. The van der Waals surface area contributed by atoms with E-state index >= 15 is 0 Å². The van der Waals surface area contributed by atoms with Gasteiger partial charge in [-0.25, -0.2) is 0 Å². The highest BCUT2D eigenvalue weighted by Gasteiger charge is 2.05. The summed E-state index contributed by atoms with van der Waals surface area (Å²) >= 11 is 0. The largest absolute Gasteiger partial charge is 0.507 e. The Balaban J connectivity index is 2.83. The maximum Gasteiger partial charge on any atom is 0.130 e. The minimum atomic E-state index is -0.198. The molecule has 0 saturated carbocycles. The Hall–Kier alpha value is -1.75. The van der Waals surface area contributed by atoms with E-state index in [1.54, 1.807) is 6.07 Å². The number of ether oxygens (including phenoxy) is 1. The fraction of sp³-hybridized carbons (Fsp3) is 0.222. The van der Waals surface area contributed by atoms with Gasteiger partial charge in [0.1, 0.15) is 23.9 Å². The van der Waals surface area contributed by atoms with Crippen molar-refractivity contribution in [3.63, 3.8) is 0 Å². The minimum Gasteiger partial charge on any atom is -0.507 e. The van der Waals surface area contributed by atoms with Crippen LogP contribution < -0.4 is 10.5 Å². The summed E-state index contributed by atoms with van der Waals surface area (Å²) in [6.07, 6.45) is 0. The molecule has 5 heteroatoms. The molecule has 76 valence electrons. The molecule has 1 aromatic rings. The van der Waals surface area contributed by atoms with Crippen LogP contribution in [0, 0.1) is 5.41 Å². The Morgan fingerprint density at radius 3 is 2.71 bits per heavy atom. The standard InChI is InChI=1S/C9H12N2O3/c10-9(11)7-2-1-6(5-8(7)13)14-4-3-12/h1-2,5,12-13H,3-4H2,(H3,10,11). The lowest BCUT2D eigenvalue weighted by molar-refractivity contribution is 0.201. The number of nitrogen functional groups attached to an aromatic ring is 1. The fourth-order valence-corrected chi connectivity index (χ4v) is 0.992. The Kier molecular flexibility index (Phi) is 3.30. The molecule has 0 radical (unpaired) electrons. The quantitative estimate of drug-likeness (QED) is 0.403. The molecule has 5 N–H and O–H groups in total. The number of phenolic OH excluding ortho intramolecular Hbond substituents is 1. The van der Waals surface area contributed by atoms with Gasteiger partial charge >= 0.3 is 0 Å². The minimum absolute atomic E-state index is 0.0881. The van der Waals surface area contributed by atoms with Gasteiger partial charge in [-0.2, -0.15) is 0 Å². The number of benzene rings is 1. The third kappa shape index (κ3) is 2.37. The van der Waals surface area contributed by atoms with E-state index in [1.807, 2.05) is 0 Å². The molecule has 0 amide bonds. The van der Waals surface area contributed by atoms with Gasteiger partial charge in [0.15, 0.2) is 0 Å². The van der Waals surface area contributed by atoms with E-state index in [4.69, 9.17) is 21.0 Å². The highest BCUT2D eigenvalue weighted by atomic mass is 16.5. The monoisotopic (exact) mass is 196 g/mol. The zero-order chi connectivity index (χ0) is 10.6. The second-order valence-corrected chi connectivity index (χ2v) is 2.66. The highest BCUT2D eigenvalue weighted by molar-refractivity contribution is 5.97. The van der Waals surface area contributed by atoms with Gasteiger partial charge in [-0.05, 0) is 12.1 Å². The number of amidine groups is 1. The van der Waals surface area contributed by atoms with Crippen LogP contribution in [0.2, 0.25) is 0 Å².